The minimum atomic E-state index is 0.431. The van der Waals surface area contributed by atoms with Gasteiger partial charge >= 0.3 is 0 Å². The lowest BCUT2D eigenvalue weighted by atomic mass is 9.59. The van der Waals surface area contributed by atoms with Crippen molar-refractivity contribution in [2.24, 2.45) is 39.9 Å². The minimum Gasteiger partial charge on any atom is -0.310 e. The maximum atomic E-state index is 8.33. The Kier molecular flexibility index (Phi) is 3.43. The van der Waals surface area contributed by atoms with Crippen LogP contribution in [0.1, 0.15) is 78.6 Å². The molecule has 0 aromatic rings. The molecule has 0 bridgehead atoms. The van der Waals surface area contributed by atoms with Gasteiger partial charge < -0.3 is 5.41 Å². The zero-order valence-corrected chi connectivity index (χ0v) is 15.5. The van der Waals surface area contributed by atoms with E-state index in [1.165, 1.54) is 57.8 Å². The Morgan fingerprint density at radius 3 is 2.61 bits per heavy atom. The summed E-state index contributed by atoms with van der Waals surface area (Å²) in [4.78, 5) is 0. The molecule has 7 atom stereocenters. The first-order chi connectivity index (χ1) is 11.0. The van der Waals surface area contributed by atoms with Gasteiger partial charge in [0.15, 0.2) is 0 Å². The van der Waals surface area contributed by atoms with Crippen molar-refractivity contribution in [2.45, 2.75) is 78.6 Å². The van der Waals surface area contributed by atoms with E-state index in [0.29, 0.717) is 22.2 Å². The predicted octanol–water partition coefficient (Wildman–Crippen LogP) is 6.24. The SMILES string of the molecule is C=CCC1CCC23C4CCC(C(C)=N)C4(C)CCC2C13CCC. The summed E-state index contributed by atoms with van der Waals surface area (Å²) in [7, 11) is 0. The van der Waals surface area contributed by atoms with Crippen molar-refractivity contribution < 1.29 is 0 Å². The molecule has 0 aromatic carbocycles. The normalized spacial score (nSPS) is 53.3. The van der Waals surface area contributed by atoms with Gasteiger partial charge in [0.05, 0.1) is 0 Å². The lowest BCUT2D eigenvalue weighted by Gasteiger charge is -2.45. The van der Waals surface area contributed by atoms with Crippen LogP contribution in [0.25, 0.3) is 0 Å². The molecule has 0 aliphatic heterocycles. The van der Waals surface area contributed by atoms with Crippen LogP contribution in [0.2, 0.25) is 0 Å². The van der Waals surface area contributed by atoms with Gasteiger partial charge in [-0.05, 0) is 92.3 Å². The van der Waals surface area contributed by atoms with E-state index in [0.717, 1.165) is 23.5 Å². The smallest absolute Gasteiger partial charge is 0.00946 e. The van der Waals surface area contributed by atoms with Gasteiger partial charge in [-0.25, -0.2) is 0 Å². The first-order valence-electron chi connectivity index (χ1n) is 10.1. The first kappa shape index (κ1) is 15.9. The Balaban J connectivity index is 1.73. The van der Waals surface area contributed by atoms with Crippen molar-refractivity contribution in [3.63, 3.8) is 0 Å². The van der Waals surface area contributed by atoms with Crippen LogP contribution in [0.3, 0.4) is 0 Å². The van der Waals surface area contributed by atoms with E-state index in [-0.39, 0.29) is 0 Å². The number of rotatable bonds is 5. The van der Waals surface area contributed by atoms with Crippen LogP contribution in [0.15, 0.2) is 12.7 Å². The molecule has 23 heavy (non-hydrogen) atoms. The van der Waals surface area contributed by atoms with Gasteiger partial charge in [0, 0.05) is 11.6 Å². The molecule has 128 valence electrons. The maximum absolute atomic E-state index is 8.33. The van der Waals surface area contributed by atoms with Crippen molar-refractivity contribution >= 4 is 5.71 Å². The summed E-state index contributed by atoms with van der Waals surface area (Å²) in [6, 6.07) is 0. The number of nitrogens with one attached hydrogen (secondary N) is 1. The zero-order chi connectivity index (χ0) is 16.5. The second kappa shape index (κ2) is 4.96. The fourth-order valence-electron chi connectivity index (χ4n) is 8.89. The molecule has 4 rings (SSSR count). The van der Waals surface area contributed by atoms with Crippen molar-refractivity contribution in [3.8, 4) is 0 Å². The second-order valence-electron chi connectivity index (χ2n) is 9.55. The van der Waals surface area contributed by atoms with Crippen LogP contribution in [0.5, 0.6) is 0 Å². The Labute approximate surface area is 142 Å². The first-order valence-corrected chi connectivity index (χ1v) is 10.1. The highest BCUT2D eigenvalue weighted by Crippen LogP contribution is 2.90. The Hall–Kier alpha value is -0.590. The summed E-state index contributed by atoms with van der Waals surface area (Å²) in [5, 5.41) is 8.33. The quantitative estimate of drug-likeness (QED) is 0.459. The van der Waals surface area contributed by atoms with Crippen molar-refractivity contribution in [2.75, 3.05) is 0 Å². The monoisotopic (exact) mass is 313 g/mol. The molecule has 7 unspecified atom stereocenters. The summed E-state index contributed by atoms with van der Waals surface area (Å²) in [5.41, 5.74) is 2.71. The second-order valence-corrected chi connectivity index (χ2v) is 9.55. The van der Waals surface area contributed by atoms with Crippen LogP contribution >= 0.6 is 0 Å². The van der Waals surface area contributed by atoms with Gasteiger partial charge in [-0.2, -0.15) is 0 Å². The molecular formula is C22H35N. The van der Waals surface area contributed by atoms with Gasteiger partial charge in [-0.15, -0.1) is 6.58 Å². The van der Waals surface area contributed by atoms with E-state index in [4.69, 9.17) is 5.41 Å². The molecule has 1 nitrogen and oxygen atoms in total. The van der Waals surface area contributed by atoms with Gasteiger partial charge in [-0.1, -0.05) is 26.3 Å². The van der Waals surface area contributed by atoms with E-state index in [9.17, 15) is 0 Å². The predicted molar refractivity (Wildman–Crippen MR) is 97.8 cm³/mol. The highest BCUT2D eigenvalue weighted by atomic mass is 14.9. The third-order valence-electron chi connectivity index (χ3n) is 9.23. The molecule has 4 aliphatic carbocycles. The fourth-order valence-corrected chi connectivity index (χ4v) is 8.89. The molecule has 0 aromatic heterocycles. The van der Waals surface area contributed by atoms with Crippen LogP contribution < -0.4 is 0 Å². The van der Waals surface area contributed by atoms with E-state index in [1.807, 2.05) is 0 Å². The van der Waals surface area contributed by atoms with E-state index in [1.54, 1.807) is 0 Å². The van der Waals surface area contributed by atoms with Crippen molar-refractivity contribution in [1.29, 1.82) is 5.41 Å². The third kappa shape index (κ3) is 1.63. The maximum Gasteiger partial charge on any atom is 0.00946 e. The Morgan fingerprint density at radius 2 is 1.96 bits per heavy atom. The molecule has 1 spiro atoms. The standard InChI is InChI=1S/C22H35N/c1-5-7-16-10-14-22-18-9-8-17(15(3)23)20(18,4)13-11-19(22)21(16,22)12-6-2/h5,16-19,23H,1,6-14H2,2-4H3. The zero-order valence-electron chi connectivity index (χ0n) is 15.5. The van der Waals surface area contributed by atoms with Gasteiger partial charge in [0.2, 0.25) is 0 Å². The Morgan fingerprint density at radius 1 is 1.17 bits per heavy atom. The van der Waals surface area contributed by atoms with E-state index >= 15 is 0 Å². The Bertz CT molecular complexity index is 536. The highest BCUT2D eigenvalue weighted by Gasteiger charge is 2.85. The number of fused-ring (bicyclic) bond motifs is 2. The van der Waals surface area contributed by atoms with Gasteiger partial charge in [0.25, 0.3) is 0 Å². The lowest BCUT2D eigenvalue weighted by Crippen LogP contribution is -2.40. The molecular weight excluding hydrogens is 278 g/mol. The van der Waals surface area contributed by atoms with E-state index in [2.05, 4.69) is 33.4 Å². The lowest BCUT2D eigenvalue weighted by molar-refractivity contribution is 0.0519. The topological polar surface area (TPSA) is 23.9 Å². The minimum absolute atomic E-state index is 0.431. The van der Waals surface area contributed by atoms with Crippen molar-refractivity contribution in [3.05, 3.63) is 12.7 Å². The fraction of sp³-hybridized carbons (Fsp3) is 0.864. The molecule has 0 saturated heterocycles. The van der Waals surface area contributed by atoms with Crippen LogP contribution in [-0.4, -0.2) is 5.71 Å². The molecule has 0 heterocycles. The summed E-state index contributed by atoms with van der Waals surface area (Å²) < 4.78 is 0. The molecule has 0 amide bonds. The molecule has 4 saturated carbocycles. The van der Waals surface area contributed by atoms with Crippen LogP contribution in [0, 0.1) is 45.3 Å². The molecule has 4 aliphatic rings. The number of allylic oxidation sites excluding steroid dienone is 1. The van der Waals surface area contributed by atoms with Crippen LogP contribution in [-0.2, 0) is 0 Å². The van der Waals surface area contributed by atoms with Crippen molar-refractivity contribution in [1.82, 2.24) is 0 Å². The summed E-state index contributed by atoms with van der Waals surface area (Å²) >= 11 is 0. The summed E-state index contributed by atoms with van der Waals surface area (Å²) in [6.07, 6.45) is 14.7. The molecule has 0 radical (unpaired) electrons. The average molecular weight is 314 g/mol. The molecule has 1 N–H and O–H groups in total. The van der Waals surface area contributed by atoms with E-state index < -0.39 is 0 Å². The largest absolute Gasteiger partial charge is 0.310 e. The van der Waals surface area contributed by atoms with Gasteiger partial charge in [-0.3, -0.25) is 0 Å². The number of hydrogen-bond acceptors (Lipinski definition) is 1. The summed E-state index contributed by atoms with van der Waals surface area (Å²) in [6.45, 7) is 11.1. The molecule has 4 fully saturated rings. The highest BCUT2D eigenvalue weighted by molar-refractivity contribution is 5.82. The third-order valence-corrected chi connectivity index (χ3v) is 9.23. The van der Waals surface area contributed by atoms with Crippen LogP contribution in [0.4, 0.5) is 0 Å². The van der Waals surface area contributed by atoms with Gasteiger partial charge in [0.1, 0.15) is 0 Å². The summed E-state index contributed by atoms with van der Waals surface area (Å²) in [5.74, 6) is 3.39. The molecule has 1 heteroatoms. The average Bonchev–Trinajstić information content (AvgIpc) is 2.76. The number of hydrogen-bond donors (Lipinski definition) is 1.